The zero-order chi connectivity index (χ0) is 14.6. The van der Waals surface area contributed by atoms with Gasteiger partial charge in [-0.2, -0.15) is 5.26 Å². The number of nitriles is 1. The molecule has 1 heterocycles. The molecule has 0 amide bonds. The lowest BCUT2D eigenvalue weighted by Gasteiger charge is -2.18. The predicted octanol–water partition coefficient (Wildman–Crippen LogP) is 4.40. The lowest BCUT2D eigenvalue weighted by atomic mass is 10.0. The van der Waals surface area contributed by atoms with E-state index in [0.29, 0.717) is 11.0 Å². The Bertz CT molecular complexity index is 745. The summed E-state index contributed by atoms with van der Waals surface area (Å²) in [5.74, 6) is 1.80. The standard InChI is InChI=1S/C17H18ClN3/c1-11(18)16-20-15-12(9-19)3-2-4-14(15)21(16)10-17(7-8-17)13-5-6-13/h2-4,11,13H,5-8,10H2,1H3. The molecule has 108 valence electrons. The molecule has 0 spiro atoms. The first-order valence-electron chi connectivity index (χ1n) is 7.68. The van der Waals surface area contributed by atoms with Crippen molar-refractivity contribution in [1.29, 1.82) is 5.26 Å². The van der Waals surface area contributed by atoms with Crippen LogP contribution >= 0.6 is 11.6 Å². The van der Waals surface area contributed by atoms with Crippen LogP contribution in [0.15, 0.2) is 18.2 Å². The number of aromatic nitrogens is 2. The molecule has 0 radical (unpaired) electrons. The van der Waals surface area contributed by atoms with Gasteiger partial charge in [-0.05, 0) is 56.1 Å². The first-order chi connectivity index (χ1) is 10.1. The third kappa shape index (κ3) is 2.05. The third-order valence-corrected chi connectivity index (χ3v) is 5.29. The Morgan fingerprint density at radius 3 is 2.81 bits per heavy atom. The average Bonchev–Trinajstić information content (AvgIpc) is 3.36. The molecule has 1 aromatic heterocycles. The largest absolute Gasteiger partial charge is 0.326 e. The Hall–Kier alpha value is -1.53. The molecule has 2 aliphatic carbocycles. The molecule has 2 aliphatic rings. The molecule has 0 bridgehead atoms. The summed E-state index contributed by atoms with van der Waals surface area (Å²) in [6.07, 6.45) is 5.40. The number of para-hydroxylation sites is 1. The minimum Gasteiger partial charge on any atom is -0.326 e. The van der Waals surface area contributed by atoms with E-state index in [9.17, 15) is 5.26 Å². The SMILES string of the molecule is CC(Cl)c1nc2c(C#N)cccc2n1CC1(C2CC2)CC1. The molecule has 0 saturated heterocycles. The highest BCUT2D eigenvalue weighted by molar-refractivity contribution is 6.20. The highest BCUT2D eigenvalue weighted by Crippen LogP contribution is 2.62. The number of rotatable bonds is 4. The van der Waals surface area contributed by atoms with E-state index < -0.39 is 0 Å². The van der Waals surface area contributed by atoms with E-state index in [1.165, 1.54) is 25.7 Å². The molecular weight excluding hydrogens is 282 g/mol. The van der Waals surface area contributed by atoms with E-state index in [0.717, 1.165) is 29.3 Å². The van der Waals surface area contributed by atoms with Crippen molar-refractivity contribution in [2.75, 3.05) is 0 Å². The Morgan fingerprint density at radius 1 is 1.48 bits per heavy atom. The van der Waals surface area contributed by atoms with Gasteiger partial charge in [-0.15, -0.1) is 11.6 Å². The number of imidazole rings is 1. The Morgan fingerprint density at radius 2 is 2.24 bits per heavy atom. The minimum atomic E-state index is -0.140. The molecular formula is C17H18ClN3. The van der Waals surface area contributed by atoms with Crippen molar-refractivity contribution in [3.8, 4) is 6.07 Å². The first-order valence-corrected chi connectivity index (χ1v) is 8.11. The third-order valence-electron chi connectivity index (χ3n) is 5.09. The highest BCUT2D eigenvalue weighted by Gasteiger charge is 2.54. The number of alkyl halides is 1. The lowest BCUT2D eigenvalue weighted by molar-refractivity contribution is 0.369. The van der Waals surface area contributed by atoms with Gasteiger partial charge in [0.1, 0.15) is 17.4 Å². The molecule has 4 heteroatoms. The van der Waals surface area contributed by atoms with Crippen LogP contribution in [0, 0.1) is 22.7 Å². The maximum atomic E-state index is 9.29. The fourth-order valence-corrected chi connectivity index (χ4v) is 3.76. The monoisotopic (exact) mass is 299 g/mol. The maximum Gasteiger partial charge on any atom is 0.127 e. The van der Waals surface area contributed by atoms with Gasteiger partial charge >= 0.3 is 0 Å². The van der Waals surface area contributed by atoms with Gasteiger partial charge in [0.25, 0.3) is 0 Å². The Labute approximate surface area is 129 Å². The second-order valence-electron chi connectivity index (χ2n) is 6.59. The van der Waals surface area contributed by atoms with Crippen molar-refractivity contribution in [2.24, 2.45) is 11.3 Å². The quantitative estimate of drug-likeness (QED) is 0.785. The fraction of sp³-hybridized carbons (Fsp3) is 0.529. The summed E-state index contributed by atoms with van der Waals surface area (Å²) in [6, 6.07) is 8.08. The topological polar surface area (TPSA) is 41.6 Å². The van der Waals surface area contributed by atoms with Gasteiger partial charge in [-0.3, -0.25) is 0 Å². The summed E-state index contributed by atoms with van der Waals surface area (Å²) in [6.45, 7) is 2.97. The van der Waals surface area contributed by atoms with Crippen molar-refractivity contribution in [3.05, 3.63) is 29.6 Å². The first kappa shape index (κ1) is 13.2. The van der Waals surface area contributed by atoms with Gasteiger partial charge in [0.15, 0.2) is 0 Å². The van der Waals surface area contributed by atoms with E-state index in [2.05, 4.69) is 21.7 Å². The van der Waals surface area contributed by atoms with Gasteiger partial charge in [0.2, 0.25) is 0 Å². The molecule has 2 fully saturated rings. The summed E-state index contributed by atoms with van der Waals surface area (Å²) in [4.78, 5) is 4.68. The van der Waals surface area contributed by atoms with Crippen LogP contribution in [0.5, 0.6) is 0 Å². The molecule has 2 saturated carbocycles. The van der Waals surface area contributed by atoms with Gasteiger partial charge in [-0.1, -0.05) is 6.07 Å². The second kappa shape index (κ2) is 4.48. The van der Waals surface area contributed by atoms with Crippen LogP contribution in [-0.2, 0) is 6.54 Å². The van der Waals surface area contributed by atoms with Crippen molar-refractivity contribution in [2.45, 2.75) is 44.5 Å². The highest BCUT2D eigenvalue weighted by atomic mass is 35.5. The van der Waals surface area contributed by atoms with E-state index in [1.54, 1.807) is 0 Å². The molecule has 1 aromatic carbocycles. The van der Waals surface area contributed by atoms with Crippen LogP contribution in [0.4, 0.5) is 0 Å². The van der Waals surface area contributed by atoms with Crippen molar-refractivity contribution in [3.63, 3.8) is 0 Å². The van der Waals surface area contributed by atoms with Gasteiger partial charge in [0, 0.05) is 6.54 Å². The van der Waals surface area contributed by atoms with E-state index in [1.807, 2.05) is 19.1 Å². The Kier molecular flexibility index (Phi) is 2.81. The van der Waals surface area contributed by atoms with E-state index in [4.69, 9.17) is 11.6 Å². The van der Waals surface area contributed by atoms with Crippen LogP contribution in [0.1, 0.15) is 49.4 Å². The van der Waals surface area contributed by atoms with Crippen molar-refractivity contribution < 1.29 is 0 Å². The lowest BCUT2D eigenvalue weighted by Crippen LogP contribution is -2.16. The van der Waals surface area contributed by atoms with Crippen molar-refractivity contribution in [1.82, 2.24) is 9.55 Å². The van der Waals surface area contributed by atoms with Gasteiger partial charge < -0.3 is 4.57 Å². The number of benzene rings is 1. The molecule has 0 N–H and O–H groups in total. The summed E-state index contributed by atoms with van der Waals surface area (Å²) in [7, 11) is 0. The molecule has 4 rings (SSSR count). The number of nitrogens with zero attached hydrogens (tertiary/aromatic N) is 3. The zero-order valence-corrected chi connectivity index (χ0v) is 12.9. The van der Waals surface area contributed by atoms with Crippen LogP contribution in [0.25, 0.3) is 11.0 Å². The van der Waals surface area contributed by atoms with Crippen LogP contribution in [-0.4, -0.2) is 9.55 Å². The molecule has 2 aromatic rings. The second-order valence-corrected chi connectivity index (χ2v) is 7.25. The molecule has 3 nitrogen and oxygen atoms in total. The number of hydrogen-bond donors (Lipinski definition) is 0. The molecule has 0 aliphatic heterocycles. The summed E-state index contributed by atoms with van der Waals surface area (Å²) >= 11 is 6.35. The number of halogens is 1. The predicted molar refractivity (Wildman–Crippen MR) is 83.1 cm³/mol. The number of hydrogen-bond acceptors (Lipinski definition) is 2. The van der Waals surface area contributed by atoms with E-state index in [-0.39, 0.29) is 5.38 Å². The fourth-order valence-electron chi connectivity index (χ4n) is 3.59. The smallest absolute Gasteiger partial charge is 0.127 e. The minimum absolute atomic E-state index is 0.140. The van der Waals surface area contributed by atoms with Crippen LogP contribution in [0.3, 0.4) is 0 Å². The van der Waals surface area contributed by atoms with Gasteiger partial charge in [0.05, 0.1) is 16.5 Å². The van der Waals surface area contributed by atoms with E-state index >= 15 is 0 Å². The van der Waals surface area contributed by atoms with Gasteiger partial charge in [-0.25, -0.2) is 4.98 Å². The summed E-state index contributed by atoms with van der Waals surface area (Å²) in [5, 5.41) is 9.15. The zero-order valence-electron chi connectivity index (χ0n) is 12.1. The van der Waals surface area contributed by atoms with Crippen LogP contribution < -0.4 is 0 Å². The average molecular weight is 300 g/mol. The normalized spacial score (nSPS) is 21.2. The number of fused-ring (bicyclic) bond motifs is 1. The van der Waals surface area contributed by atoms with Crippen LogP contribution in [0.2, 0.25) is 0 Å². The maximum absolute atomic E-state index is 9.29. The molecule has 1 unspecified atom stereocenters. The summed E-state index contributed by atoms with van der Waals surface area (Å²) < 4.78 is 2.28. The van der Waals surface area contributed by atoms with Crippen molar-refractivity contribution >= 4 is 22.6 Å². The summed E-state index contributed by atoms with van der Waals surface area (Å²) in [5.41, 5.74) is 2.98. The Balaban J connectivity index is 1.85. The molecule has 1 atom stereocenters. The molecule has 21 heavy (non-hydrogen) atoms.